The molecule has 0 atom stereocenters. The second-order valence-electron chi connectivity index (χ2n) is 5.50. The van der Waals surface area contributed by atoms with Gasteiger partial charge in [0.1, 0.15) is 0 Å². The zero-order chi connectivity index (χ0) is 15.7. The van der Waals surface area contributed by atoms with Crippen molar-refractivity contribution in [2.24, 2.45) is 20.0 Å². The lowest BCUT2D eigenvalue weighted by atomic mass is 10.2. The van der Waals surface area contributed by atoms with Crippen molar-refractivity contribution in [3.63, 3.8) is 0 Å². The summed E-state index contributed by atoms with van der Waals surface area (Å²) in [7, 11) is 2.99. The predicted octanol–water partition coefficient (Wildman–Crippen LogP) is -1.37. The Morgan fingerprint density at radius 2 is 2.00 bits per heavy atom. The predicted molar refractivity (Wildman–Crippen MR) is 76.8 cm³/mol. The number of carbonyl (C=O) groups is 1. The van der Waals surface area contributed by atoms with E-state index in [4.69, 9.17) is 0 Å². The Bertz CT molecular complexity index is 796. The molecule has 0 fully saturated rings. The van der Waals surface area contributed by atoms with Crippen molar-refractivity contribution < 1.29 is 9.36 Å². The van der Waals surface area contributed by atoms with Gasteiger partial charge >= 0.3 is 11.2 Å². The van der Waals surface area contributed by atoms with Crippen LogP contribution in [0.25, 0.3) is 11.2 Å². The lowest BCUT2D eigenvalue weighted by Crippen LogP contribution is -2.47. The molecular formula is C13H20N5O3+. The van der Waals surface area contributed by atoms with Crippen LogP contribution in [-0.4, -0.2) is 26.6 Å². The fraction of sp³-hybridized carbons (Fsp3) is 0.538. The van der Waals surface area contributed by atoms with E-state index in [0.717, 1.165) is 4.57 Å². The molecular weight excluding hydrogens is 274 g/mol. The molecule has 0 aromatic carbocycles. The summed E-state index contributed by atoms with van der Waals surface area (Å²) in [4.78, 5) is 38.8. The highest BCUT2D eigenvalue weighted by molar-refractivity contribution is 5.75. The first-order chi connectivity index (χ1) is 9.82. The summed E-state index contributed by atoms with van der Waals surface area (Å²) in [6, 6.07) is 0. The van der Waals surface area contributed by atoms with Gasteiger partial charge in [0, 0.05) is 20.6 Å². The number of hydrogen-bond donors (Lipinski definition) is 2. The van der Waals surface area contributed by atoms with Gasteiger partial charge in [-0.3, -0.25) is 18.7 Å². The Labute approximate surface area is 121 Å². The van der Waals surface area contributed by atoms with Crippen molar-refractivity contribution in [3.8, 4) is 0 Å². The molecule has 21 heavy (non-hydrogen) atoms. The molecule has 0 radical (unpaired) electrons. The van der Waals surface area contributed by atoms with Gasteiger partial charge in [0.05, 0.1) is 0 Å². The van der Waals surface area contributed by atoms with Crippen molar-refractivity contribution >= 4 is 17.1 Å². The van der Waals surface area contributed by atoms with Gasteiger partial charge in [-0.15, -0.1) is 0 Å². The summed E-state index contributed by atoms with van der Waals surface area (Å²) in [5.41, 5.74) is -0.129. The number of aromatic amines is 1. The van der Waals surface area contributed by atoms with Crippen LogP contribution in [0, 0.1) is 5.92 Å². The van der Waals surface area contributed by atoms with Crippen LogP contribution in [-0.2, 0) is 25.4 Å². The van der Waals surface area contributed by atoms with E-state index in [0.29, 0.717) is 23.6 Å². The third kappa shape index (κ3) is 2.74. The molecule has 114 valence electrons. The molecule has 0 saturated heterocycles. The van der Waals surface area contributed by atoms with Gasteiger partial charge in [-0.25, -0.2) is 14.3 Å². The van der Waals surface area contributed by atoms with E-state index in [1.54, 1.807) is 7.05 Å². The van der Waals surface area contributed by atoms with E-state index in [2.05, 4.69) is 10.3 Å². The molecule has 2 N–H and O–H groups in total. The smallest absolute Gasteiger partial charge is 0.333 e. The van der Waals surface area contributed by atoms with Crippen LogP contribution in [0.2, 0.25) is 0 Å². The van der Waals surface area contributed by atoms with Gasteiger partial charge in [-0.2, -0.15) is 0 Å². The molecule has 0 aliphatic rings. The molecule has 8 heteroatoms. The average Bonchev–Trinajstić information content (AvgIpc) is 2.84. The molecule has 2 heterocycles. The Hall–Kier alpha value is -2.38. The molecule has 1 amide bonds. The van der Waals surface area contributed by atoms with Gasteiger partial charge in [0.15, 0.2) is 6.54 Å². The van der Waals surface area contributed by atoms with E-state index in [1.165, 1.54) is 22.5 Å². The molecule has 2 rings (SSSR count). The number of nitrogens with one attached hydrogen (secondary N) is 2. The number of aromatic nitrogens is 4. The van der Waals surface area contributed by atoms with Crippen molar-refractivity contribution in [3.05, 3.63) is 27.2 Å². The van der Waals surface area contributed by atoms with Crippen LogP contribution >= 0.6 is 0 Å². The minimum absolute atomic E-state index is 0.0279. The van der Waals surface area contributed by atoms with E-state index in [1.807, 2.05) is 13.8 Å². The van der Waals surface area contributed by atoms with E-state index in [-0.39, 0.29) is 12.5 Å². The monoisotopic (exact) mass is 294 g/mol. The van der Waals surface area contributed by atoms with Crippen LogP contribution in [0.3, 0.4) is 0 Å². The Kier molecular flexibility index (Phi) is 3.97. The number of imidazole rings is 1. The van der Waals surface area contributed by atoms with Gasteiger partial charge in [-0.1, -0.05) is 13.8 Å². The summed E-state index contributed by atoms with van der Waals surface area (Å²) in [6.07, 6.45) is 1.53. The number of hydrogen-bond acceptors (Lipinski definition) is 3. The largest absolute Gasteiger partial charge is 0.352 e. The maximum Gasteiger partial charge on any atom is 0.333 e. The number of rotatable bonds is 4. The van der Waals surface area contributed by atoms with Crippen LogP contribution in [0.1, 0.15) is 13.8 Å². The topological polar surface area (TPSA) is 92.8 Å². The first kappa shape index (κ1) is 15.0. The number of nitrogens with zero attached hydrogens (tertiary/aromatic N) is 3. The quantitative estimate of drug-likeness (QED) is 0.681. The number of amides is 1. The molecule has 0 aliphatic carbocycles. The summed E-state index contributed by atoms with van der Waals surface area (Å²) in [5, 5.41) is 2.79. The molecule has 8 nitrogen and oxygen atoms in total. The summed E-state index contributed by atoms with van der Waals surface area (Å²) in [6.45, 7) is 4.62. The van der Waals surface area contributed by atoms with E-state index in [9.17, 15) is 14.4 Å². The van der Waals surface area contributed by atoms with E-state index >= 15 is 0 Å². The second kappa shape index (κ2) is 5.55. The highest BCUT2D eigenvalue weighted by atomic mass is 16.2. The summed E-state index contributed by atoms with van der Waals surface area (Å²) >= 11 is 0. The van der Waals surface area contributed by atoms with Crippen LogP contribution in [0.15, 0.2) is 15.9 Å². The van der Waals surface area contributed by atoms with E-state index < -0.39 is 11.2 Å². The van der Waals surface area contributed by atoms with Crippen molar-refractivity contribution in [1.29, 1.82) is 0 Å². The second-order valence-corrected chi connectivity index (χ2v) is 5.50. The third-order valence-electron chi connectivity index (χ3n) is 3.31. The number of fused-ring (bicyclic) bond motifs is 1. The first-order valence-electron chi connectivity index (χ1n) is 6.76. The van der Waals surface area contributed by atoms with Gasteiger partial charge in [-0.05, 0) is 5.92 Å². The zero-order valence-electron chi connectivity index (χ0n) is 12.6. The molecule has 0 saturated carbocycles. The lowest BCUT2D eigenvalue weighted by molar-refractivity contribution is -0.659. The third-order valence-corrected chi connectivity index (χ3v) is 3.31. The van der Waals surface area contributed by atoms with Crippen LogP contribution in [0.5, 0.6) is 0 Å². The fourth-order valence-corrected chi connectivity index (χ4v) is 2.11. The van der Waals surface area contributed by atoms with Crippen LogP contribution < -0.4 is 21.1 Å². The standard InChI is InChI=1S/C13H19N5O3/c1-8(2)5-14-9(19)6-18-7-15-11-10(18)12(20)17(4)13(21)16(11)3/h7-8H,5-6H2,1-4H3,(H,14,19)/p+1. The van der Waals surface area contributed by atoms with Crippen molar-refractivity contribution in [1.82, 2.24) is 19.4 Å². The minimum Gasteiger partial charge on any atom is -0.352 e. The molecule has 2 aromatic heterocycles. The molecule has 2 aromatic rings. The summed E-state index contributed by atoms with van der Waals surface area (Å²) < 4.78 is 3.89. The Morgan fingerprint density at radius 1 is 1.33 bits per heavy atom. The average molecular weight is 294 g/mol. The van der Waals surface area contributed by atoms with Crippen molar-refractivity contribution in [2.75, 3.05) is 6.54 Å². The number of H-pyrrole nitrogens is 1. The number of carbonyl (C=O) groups excluding carboxylic acids is 1. The maximum absolute atomic E-state index is 12.2. The van der Waals surface area contributed by atoms with Crippen LogP contribution in [0.4, 0.5) is 0 Å². The molecule has 0 unspecified atom stereocenters. The number of aryl methyl sites for hydroxylation is 1. The highest BCUT2D eigenvalue weighted by Gasteiger charge is 2.21. The van der Waals surface area contributed by atoms with Gasteiger partial charge < -0.3 is 5.32 Å². The molecule has 0 spiro atoms. The molecule has 0 bridgehead atoms. The zero-order valence-corrected chi connectivity index (χ0v) is 12.6. The van der Waals surface area contributed by atoms with Gasteiger partial charge in [0.25, 0.3) is 17.1 Å². The lowest BCUT2D eigenvalue weighted by Gasteiger charge is -2.06. The normalized spacial score (nSPS) is 11.3. The Balaban J connectivity index is 2.41. The Morgan fingerprint density at radius 3 is 2.62 bits per heavy atom. The minimum atomic E-state index is -0.425. The van der Waals surface area contributed by atoms with Crippen molar-refractivity contribution in [2.45, 2.75) is 20.4 Å². The summed E-state index contributed by atoms with van der Waals surface area (Å²) in [5.74, 6) is 0.182. The molecule has 0 aliphatic heterocycles. The SMILES string of the molecule is CC(C)CNC(=O)C[n+]1c[nH]c2c1c(=O)n(C)c(=O)n2C. The first-order valence-corrected chi connectivity index (χ1v) is 6.76. The fourth-order valence-electron chi connectivity index (χ4n) is 2.11. The maximum atomic E-state index is 12.2. The highest BCUT2D eigenvalue weighted by Crippen LogP contribution is 1.97. The van der Waals surface area contributed by atoms with Gasteiger partial charge in [0.2, 0.25) is 6.33 Å².